The van der Waals surface area contributed by atoms with E-state index in [1.54, 1.807) is 0 Å². The fraction of sp³-hybridized carbons (Fsp3) is 0.842. The Kier molecular flexibility index (Phi) is 9.02. The van der Waals surface area contributed by atoms with Crippen molar-refractivity contribution in [3.8, 4) is 0 Å². The number of rotatable bonds is 5. The van der Waals surface area contributed by atoms with Gasteiger partial charge in [0.05, 0.1) is 11.8 Å². The molecule has 0 aromatic carbocycles. The predicted octanol–water partition coefficient (Wildman–Crippen LogP) is 2.46. The maximum Gasteiger partial charge on any atom is 0.407 e. The number of carbonyl (C=O) groups is 3. The van der Waals surface area contributed by atoms with Crippen molar-refractivity contribution in [2.24, 2.45) is 29.4 Å². The molecule has 5 N–H and O–H groups in total. The van der Waals surface area contributed by atoms with Crippen LogP contribution in [0.15, 0.2) is 0 Å². The number of aliphatic carboxylic acids is 2. The summed E-state index contributed by atoms with van der Waals surface area (Å²) in [6.45, 7) is 6.57. The topological polar surface area (TPSA) is 139 Å². The van der Waals surface area contributed by atoms with E-state index in [-0.39, 0.29) is 17.8 Å². The van der Waals surface area contributed by atoms with Crippen molar-refractivity contribution in [3.05, 3.63) is 0 Å². The van der Waals surface area contributed by atoms with Crippen LogP contribution in [0.1, 0.15) is 59.3 Å². The van der Waals surface area contributed by atoms with Crippen molar-refractivity contribution in [2.75, 3.05) is 13.1 Å². The van der Waals surface area contributed by atoms with Crippen LogP contribution in [0.25, 0.3) is 0 Å². The Bertz CT molecular complexity index is 517. The SMILES string of the molecule is CC(C)(C)OC(=O)NC[C@H]1CC[C@@H](C(=O)O)C1.NC[C@H]1CC[C@@H](C(=O)O)C1. The first-order chi connectivity index (χ1) is 12.5. The number of hydrogen-bond donors (Lipinski definition) is 4. The minimum absolute atomic E-state index is 0.117. The quantitative estimate of drug-likeness (QED) is 0.569. The lowest BCUT2D eigenvalue weighted by Gasteiger charge is -2.20. The molecule has 0 bridgehead atoms. The maximum absolute atomic E-state index is 11.4. The summed E-state index contributed by atoms with van der Waals surface area (Å²) >= 11 is 0. The molecular weight excluding hydrogens is 352 g/mol. The summed E-state index contributed by atoms with van der Waals surface area (Å²) < 4.78 is 5.11. The zero-order valence-corrected chi connectivity index (χ0v) is 16.6. The largest absolute Gasteiger partial charge is 0.481 e. The van der Waals surface area contributed by atoms with Gasteiger partial charge in [-0.1, -0.05) is 0 Å². The molecule has 2 saturated carbocycles. The Labute approximate surface area is 160 Å². The molecule has 2 rings (SSSR count). The molecule has 8 heteroatoms. The van der Waals surface area contributed by atoms with E-state index in [4.69, 9.17) is 20.7 Å². The standard InChI is InChI=1S/C12H21NO4.C7H13NO2/c1-12(2,3)17-11(16)13-7-8-4-5-9(6-8)10(14)15;8-4-5-1-2-6(3-5)7(9)10/h8-9H,4-7H2,1-3H3,(H,13,16)(H,14,15);5-6H,1-4,8H2,(H,9,10)/t8-,9+;5-,6+/m00/s1. The number of alkyl carbamates (subject to hydrolysis) is 1. The second-order valence-corrected chi connectivity index (χ2v) is 8.55. The fourth-order valence-electron chi connectivity index (χ4n) is 3.54. The molecule has 8 nitrogen and oxygen atoms in total. The normalized spacial score (nSPS) is 27.4. The average molecular weight is 386 g/mol. The first kappa shape index (κ1) is 23.2. The van der Waals surface area contributed by atoms with Crippen LogP contribution in [0.4, 0.5) is 4.79 Å². The number of ether oxygens (including phenoxy) is 1. The summed E-state index contributed by atoms with van der Waals surface area (Å²) in [4.78, 5) is 32.6. The van der Waals surface area contributed by atoms with Gasteiger partial charge in [0.25, 0.3) is 0 Å². The summed E-state index contributed by atoms with van der Waals surface area (Å²) in [5.74, 6) is -1.04. The van der Waals surface area contributed by atoms with Gasteiger partial charge in [0.1, 0.15) is 5.60 Å². The highest BCUT2D eigenvalue weighted by atomic mass is 16.6. The summed E-state index contributed by atoms with van der Waals surface area (Å²) in [5.41, 5.74) is 4.91. The average Bonchev–Trinajstić information content (AvgIpc) is 3.21. The fourth-order valence-corrected chi connectivity index (χ4v) is 3.54. The number of amides is 1. The van der Waals surface area contributed by atoms with Gasteiger partial charge in [0.2, 0.25) is 0 Å². The molecule has 0 heterocycles. The zero-order valence-electron chi connectivity index (χ0n) is 16.6. The van der Waals surface area contributed by atoms with E-state index in [2.05, 4.69) is 5.32 Å². The summed E-state index contributed by atoms with van der Waals surface area (Å²) in [7, 11) is 0. The minimum atomic E-state index is -0.732. The van der Waals surface area contributed by atoms with Crippen molar-refractivity contribution in [3.63, 3.8) is 0 Å². The molecule has 0 aromatic heterocycles. The van der Waals surface area contributed by atoms with Gasteiger partial charge in [-0.15, -0.1) is 0 Å². The van der Waals surface area contributed by atoms with E-state index in [9.17, 15) is 14.4 Å². The van der Waals surface area contributed by atoms with Crippen molar-refractivity contribution in [2.45, 2.75) is 64.9 Å². The molecule has 0 aliphatic heterocycles. The molecular formula is C19H34N2O6. The first-order valence-corrected chi connectivity index (χ1v) is 9.64. The number of nitrogens with one attached hydrogen (secondary N) is 1. The van der Waals surface area contributed by atoms with Crippen molar-refractivity contribution < 1.29 is 29.3 Å². The van der Waals surface area contributed by atoms with Crippen LogP contribution in [-0.2, 0) is 14.3 Å². The Morgan fingerprint density at radius 1 is 0.963 bits per heavy atom. The molecule has 0 spiro atoms. The second kappa shape index (κ2) is 10.5. The minimum Gasteiger partial charge on any atom is -0.481 e. The van der Waals surface area contributed by atoms with Gasteiger partial charge in [0, 0.05) is 6.54 Å². The van der Waals surface area contributed by atoms with E-state index in [1.165, 1.54) is 0 Å². The van der Waals surface area contributed by atoms with Crippen LogP contribution < -0.4 is 11.1 Å². The van der Waals surface area contributed by atoms with Crippen LogP contribution in [-0.4, -0.2) is 46.9 Å². The number of nitrogens with two attached hydrogens (primary N) is 1. The van der Waals surface area contributed by atoms with Gasteiger partial charge in [-0.05, 0) is 77.7 Å². The van der Waals surface area contributed by atoms with E-state index in [1.807, 2.05) is 20.8 Å². The van der Waals surface area contributed by atoms with Crippen LogP contribution in [0.3, 0.4) is 0 Å². The molecule has 27 heavy (non-hydrogen) atoms. The van der Waals surface area contributed by atoms with E-state index < -0.39 is 23.6 Å². The van der Waals surface area contributed by atoms with Crippen molar-refractivity contribution in [1.29, 1.82) is 0 Å². The lowest BCUT2D eigenvalue weighted by Crippen LogP contribution is -2.35. The molecule has 4 atom stereocenters. The highest BCUT2D eigenvalue weighted by Gasteiger charge is 2.30. The molecule has 156 valence electrons. The van der Waals surface area contributed by atoms with Crippen LogP contribution >= 0.6 is 0 Å². The van der Waals surface area contributed by atoms with E-state index in [0.717, 1.165) is 25.7 Å². The van der Waals surface area contributed by atoms with Crippen LogP contribution in [0, 0.1) is 23.7 Å². The summed E-state index contributed by atoms with van der Waals surface area (Å²) in [5, 5.41) is 20.1. The van der Waals surface area contributed by atoms with Gasteiger partial charge >= 0.3 is 18.0 Å². The first-order valence-electron chi connectivity index (χ1n) is 9.64. The number of hydrogen-bond acceptors (Lipinski definition) is 5. The van der Waals surface area contributed by atoms with Crippen LogP contribution in [0.5, 0.6) is 0 Å². The lowest BCUT2D eigenvalue weighted by molar-refractivity contribution is -0.142. The van der Waals surface area contributed by atoms with Gasteiger partial charge < -0.3 is 26.0 Å². The highest BCUT2D eigenvalue weighted by Crippen LogP contribution is 2.31. The molecule has 1 amide bonds. The number of carbonyl (C=O) groups excluding carboxylic acids is 1. The van der Waals surface area contributed by atoms with Gasteiger partial charge in [-0.2, -0.15) is 0 Å². The third-order valence-corrected chi connectivity index (χ3v) is 5.05. The molecule has 2 aliphatic rings. The number of carboxylic acid groups (broad SMARTS) is 2. The molecule has 2 fully saturated rings. The third-order valence-electron chi connectivity index (χ3n) is 5.05. The lowest BCUT2D eigenvalue weighted by atomic mass is 10.1. The Morgan fingerprint density at radius 3 is 1.81 bits per heavy atom. The van der Waals surface area contributed by atoms with Crippen molar-refractivity contribution in [1.82, 2.24) is 5.32 Å². The molecule has 0 radical (unpaired) electrons. The van der Waals surface area contributed by atoms with Crippen molar-refractivity contribution >= 4 is 18.0 Å². The monoisotopic (exact) mass is 386 g/mol. The summed E-state index contributed by atoms with van der Waals surface area (Å²) in [6, 6.07) is 0. The predicted molar refractivity (Wildman–Crippen MR) is 100 cm³/mol. The van der Waals surface area contributed by atoms with Crippen LogP contribution in [0.2, 0.25) is 0 Å². The van der Waals surface area contributed by atoms with Gasteiger partial charge in [-0.25, -0.2) is 4.79 Å². The Balaban J connectivity index is 0.000000309. The zero-order chi connectivity index (χ0) is 20.6. The molecule has 0 saturated heterocycles. The van der Waals surface area contributed by atoms with Gasteiger partial charge in [-0.3, -0.25) is 9.59 Å². The number of carboxylic acids is 2. The third kappa shape index (κ3) is 9.08. The Morgan fingerprint density at radius 2 is 1.44 bits per heavy atom. The molecule has 0 unspecified atom stereocenters. The van der Waals surface area contributed by atoms with Gasteiger partial charge in [0.15, 0.2) is 0 Å². The molecule has 2 aliphatic carbocycles. The smallest absolute Gasteiger partial charge is 0.407 e. The summed E-state index contributed by atoms with van der Waals surface area (Å²) in [6.07, 6.45) is 4.36. The van der Waals surface area contributed by atoms with E-state index >= 15 is 0 Å². The maximum atomic E-state index is 11.4. The van der Waals surface area contributed by atoms with E-state index in [0.29, 0.717) is 31.8 Å². The second-order valence-electron chi connectivity index (χ2n) is 8.55. The highest BCUT2D eigenvalue weighted by molar-refractivity contribution is 5.70. The molecule has 0 aromatic rings. The Hall–Kier alpha value is -1.83.